The Balaban J connectivity index is 1.31. The standard InChI is InChI=1S/C19H28N8O/c1-25(2)19-21-11-15(12-22-19)13-26-6-4-16(14-26)23-18-20-5-3-17(24-18)27-7-9-28-10-8-27/h3,5,11-12,16H,4,6-10,13-14H2,1-2H3,(H,20,23,24). The smallest absolute Gasteiger partial charge is 0.224 e. The Bertz CT molecular complexity index is 763. The number of ether oxygens (including phenoxy) is 1. The molecule has 0 amide bonds. The molecule has 4 rings (SSSR count). The predicted octanol–water partition coefficient (Wildman–Crippen LogP) is 0.856. The van der Waals surface area contributed by atoms with E-state index in [0.717, 1.165) is 69.7 Å². The lowest BCUT2D eigenvalue weighted by Crippen LogP contribution is -2.37. The topological polar surface area (TPSA) is 82.5 Å². The molecule has 2 fully saturated rings. The summed E-state index contributed by atoms with van der Waals surface area (Å²) in [6, 6.07) is 2.32. The van der Waals surface area contributed by atoms with E-state index in [2.05, 4.69) is 30.1 Å². The normalized spacial score (nSPS) is 20.4. The van der Waals surface area contributed by atoms with Gasteiger partial charge in [-0.2, -0.15) is 4.98 Å². The van der Waals surface area contributed by atoms with Crippen molar-refractivity contribution in [1.82, 2.24) is 24.8 Å². The van der Waals surface area contributed by atoms with E-state index in [1.807, 2.05) is 43.7 Å². The quantitative estimate of drug-likeness (QED) is 0.779. The molecular formula is C19H28N8O. The molecule has 1 unspecified atom stereocenters. The van der Waals surface area contributed by atoms with Gasteiger partial charge in [0.05, 0.1) is 13.2 Å². The molecule has 1 N–H and O–H groups in total. The van der Waals surface area contributed by atoms with Crippen molar-refractivity contribution in [3.05, 3.63) is 30.2 Å². The van der Waals surface area contributed by atoms with Gasteiger partial charge in [0, 0.05) is 77.0 Å². The summed E-state index contributed by atoms with van der Waals surface area (Å²) in [5.41, 5.74) is 1.14. The summed E-state index contributed by atoms with van der Waals surface area (Å²) in [5, 5.41) is 3.50. The van der Waals surface area contributed by atoms with Crippen LogP contribution in [0.1, 0.15) is 12.0 Å². The van der Waals surface area contributed by atoms with Crippen molar-refractivity contribution >= 4 is 17.7 Å². The molecule has 28 heavy (non-hydrogen) atoms. The third-order valence-electron chi connectivity index (χ3n) is 5.08. The van der Waals surface area contributed by atoms with E-state index >= 15 is 0 Å². The molecule has 0 aliphatic carbocycles. The van der Waals surface area contributed by atoms with Crippen molar-refractivity contribution in [2.75, 3.05) is 68.6 Å². The third kappa shape index (κ3) is 4.66. The first-order valence-corrected chi connectivity index (χ1v) is 9.80. The highest BCUT2D eigenvalue weighted by Gasteiger charge is 2.23. The van der Waals surface area contributed by atoms with Gasteiger partial charge in [0.2, 0.25) is 11.9 Å². The first-order chi connectivity index (χ1) is 13.7. The van der Waals surface area contributed by atoms with Crippen LogP contribution in [0.15, 0.2) is 24.7 Å². The molecule has 1 atom stereocenters. The Morgan fingerprint density at radius 1 is 1.14 bits per heavy atom. The summed E-state index contributed by atoms with van der Waals surface area (Å²) in [6.45, 7) is 6.12. The summed E-state index contributed by atoms with van der Waals surface area (Å²) >= 11 is 0. The van der Waals surface area contributed by atoms with Crippen LogP contribution in [0.3, 0.4) is 0 Å². The zero-order valence-corrected chi connectivity index (χ0v) is 16.6. The molecule has 9 nitrogen and oxygen atoms in total. The zero-order chi connectivity index (χ0) is 19.3. The number of nitrogens with one attached hydrogen (secondary N) is 1. The predicted molar refractivity (Wildman–Crippen MR) is 109 cm³/mol. The molecule has 150 valence electrons. The summed E-state index contributed by atoms with van der Waals surface area (Å²) in [7, 11) is 3.89. The first kappa shape index (κ1) is 18.8. The van der Waals surface area contributed by atoms with Crippen LogP contribution < -0.4 is 15.1 Å². The highest BCUT2D eigenvalue weighted by molar-refractivity contribution is 5.43. The molecule has 2 aromatic heterocycles. The molecule has 0 saturated carbocycles. The van der Waals surface area contributed by atoms with E-state index < -0.39 is 0 Å². The van der Waals surface area contributed by atoms with E-state index in [-0.39, 0.29) is 0 Å². The van der Waals surface area contributed by atoms with Gasteiger partial charge in [-0.1, -0.05) is 0 Å². The van der Waals surface area contributed by atoms with Crippen molar-refractivity contribution in [1.29, 1.82) is 0 Å². The monoisotopic (exact) mass is 384 g/mol. The van der Waals surface area contributed by atoms with Crippen molar-refractivity contribution in [2.45, 2.75) is 19.0 Å². The molecule has 9 heteroatoms. The molecule has 0 spiro atoms. The van der Waals surface area contributed by atoms with Crippen molar-refractivity contribution in [2.24, 2.45) is 0 Å². The average Bonchev–Trinajstić information content (AvgIpc) is 3.16. The lowest BCUT2D eigenvalue weighted by Gasteiger charge is -2.28. The van der Waals surface area contributed by atoms with Crippen LogP contribution in [0.2, 0.25) is 0 Å². The van der Waals surface area contributed by atoms with Gasteiger partial charge >= 0.3 is 0 Å². The minimum atomic E-state index is 0.349. The number of morpholine rings is 1. The van der Waals surface area contributed by atoms with E-state index in [9.17, 15) is 0 Å². The number of anilines is 3. The highest BCUT2D eigenvalue weighted by Crippen LogP contribution is 2.18. The third-order valence-corrected chi connectivity index (χ3v) is 5.08. The number of hydrogen-bond acceptors (Lipinski definition) is 9. The summed E-state index contributed by atoms with van der Waals surface area (Å²) < 4.78 is 5.42. The van der Waals surface area contributed by atoms with Crippen LogP contribution in [0.25, 0.3) is 0 Å². The second kappa shape index (κ2) is 8.66. The van der Waals surface area contributed by atoms with Crippen LogP contribution in [0.4, 0.5) is 17.7 Å². The number of aromatic nitrogens is 4. The van der Waals surface area contributed by atoms with Gasteiger partial charge in [-0.25, -0.2) is 15.0 Å². The minimum absolute atomic E-state index is 0.349. The lowest BCUT2D eigenvalue weighted by molar-refractivity contribution is 0.122. The fraction of sp³-hybridized carbons (Fsp3) is 0.579. The Morgan fingerprint density at radius 3 is 2.68 bits per heavy atom. The van der Waals surface area contributed by atoms with Crippen LogP contribution in [-0.2, 0) is 11.3 Å². The lowest BCUT2D eigenvalue weighted by atomic mass is 10.3. The molecule has 2 aliphatic heterocycles. The maximum absolute atomic E-state index is 5.42. The molecular weight excluding hydrogens is 356 g/mol. The van der Waals surface area contributed by atoms with Crippen molar-refractivity contribution in [3.63, 3.8) is 0 Å². The maximum Gasteiger partial charge on any atom is 0.224 e. The second-order valence-corrected chi connectivity index (χ2v) is 7.49. The van der Waals surface area contributed by atoms with Gasteiger partial charge in [0.25, 0.3) is 0 Å². The van der Waals surface area contributed by atoms with Crippen LogP contribution in [0, 0.1) is 0 Å². The van der Waals surface area contributed by atoms with Gasteiger partial charge in [-0.05, 0) is 12.5 Å². The Labute approximate surface area is 165 Å². The molecule has 2 saturated heterocycles. The zero-order valence-electron chi connectivity index (χ0n) is 16.6. The Kier molecular flexibility index (Phi) is 5.82. The number of hydrogen-bond donors (Lipinski definition) is 1. The summed E-state index contributed by atoms with van der Waals surface area (Å²) in [6.07, 6.45) is 6.73. The molecule has 4 heterocycles. The number of likely N-dealkylation sites (tertiary alicyclic amines) is 1. The Hall–Kier alpha value is -2.52. The fourth-order valence-electron chi connectivity index (χ4n) is 3.58. The summed E-state index contributed by atoms with van der Waals surface area (Å²) in [5.74, 6) is 2.41. The van der Waals surface area contributed by atoms with Crippen molar-refractivity contribution in [3.8, 4) is 0 Å². The van der Waals surface area contributed by atoms with E-state index in [4.69, 9.17) is 9.72 Å². The largest absolute Gasteiger partial charge is 0.378 e. The van der Waals surface area contributed by atoms with E-state index in [1.54, 1.807) is 0 Å². The maximum atomic E-state index is 5.42. The van der Waals surface area contributed by atoms with Gasteiger partial charge in [-0.15, -0.1) is 0 Å². The SMILES string of the molecule is CN(C)c1ncc(CN2CCC(Nc3nccc(N4CCOCC4)n3)C2)cn1. The minimum Gasteiger partial charge on any atom is -0.378 e. The van der Waals surface area contributed by atoms with E-state index in [0.29, 0.717) is 12.0 Å². The molecule has 2 aromatic rings. The van der Waals surface area contributed by atoms with Gasteiger partial charge in [-0.3, -0.25) is 4.90 Å². The Morgan fingerprint density at radius 2 is 1.93 bits per heavy atom. The highest BCUT2D eigenvalue weighted by atomic mass is 16.5. The van der Waals surface area contributed by atoms with Crippen molar-refractivity contribution < 1.29 is 4.74 Å². The first-order valence-electron chi connectivity index (χ1n) is 9.80. The fourth-order valence-corrected chi connectivity index (χ4v) is 3.58. The van der Waals surface area contributed by atoms with Gasteiger partial charge in [0.15, 0.2) is 0 Å². The van der Waals surface area contributed by atoms with Crippen LogP contribution in [-0.4, -0.2) is 84.4 Å². The second-order valence-electron chi connectivity index (χ2n) is 7.49. The molecule has 0 bridgehead atoms. The number of nitrogens with zero attached hydrogens (tertiary/aromatic N) is 7. The van der Waals surface area contributed by atoms with Crippen LogP contribution in [0.5, 0.6) is 0 Å². The number of rotatable bonds is 6. The molecule has 0 radical (unpaired) electrons. The summed E-state index contributed by atoms with van der Waals surface area (Å²) in [4.78, 5) is 24.5. The average molecular weight is 384 g/mol. The molecule has 2 aliphatic rings. The molecule has 0 aromatic carbocycles. The van der Waals surface area contributed by atoms with Gasteiger partial charge in [0.1, 0.15) is 5.82 Å². The van der Waals surface area contributed by atoms with Gasteiger partial charge < -0.3 is 19.9 Å². The van der Waals surface area contributed by atoms with Crippen LogP contribution >= 0.6 is 0 Å². The van der Waals surface area contributed by atoms with E-state index in [1.165, 1.54) is 0 Å².